The molecule has 144 valence electrons. The third-order valence-corrected chi connectivity index (χ3v) is 6.99. The number of hydrogen-bond donors (Lipinski definition) is 0. The first-order valence-electron chi connectivity index (χ1n) is 9.50. The predicted octanol–water partition coefficient (Wildman–Crippen LogP) is 4.14. The standard InChI is InChI=1S/C22H32O4/c1-9-10-12(2)16-13(3)11-21(6)18(16)22(21,7)19(24)14(4)17(23)15(5)20(25)26-8/h10-11,14-16,18H,9H2,1-8H3/b12-10+/t14?,15?,16-,18+,21-,22+/m0/s1. The van der Waals surface area contributed by atoms with Crippen molar-refractivity contribution in [3.63, 3.8) is 0 Å². The van der Waals surface area contributed by atoms with Crippen LogP contribution < -0.4 is 0 Å². The number of methoxy groups -OCH3 is 1. The average Bonchev–Trinajstić information content (AvgIpc) is 2.91. The normalized spacial score (nSPS) is 35.2. The van der Waals surface area contributed by atoms with Gasteiger partial charge >= 0.3 is 5.97 Å². The molecule has 0 spiro atoms. The van der Waals surface area contributed by atoms with E-state index in [4.69, 9.17) is 0 Å². The fraction of sp³-hybridized carbons (Fsp3) is 0.682. The number of ketones is 2. The molecule has 4 nitrogen and oxygen atoms in total. The highest BCUT2D eigenvalue weighted by Gasteiger charge is 2.78. The molecule has 26 heavy (non-hydrogen) atoms. The maximum Gasteiger partial charge on any atom is 0.315 e. The highest BCUT2D eigenvalue weighted by Crippen LogP contribution is 2.78. The van der Waals surface area contributed by atoms with E-state index >= 15 is 0 Å². The number of ether oxygens (including phenoxy) is 1. The molecular formula is C22H32O4. The van der Waals surface area contributed by atoms with Crippen LogP contribution in [-0.4, -0.2) is 24.6 Å². The second kappa shape index (κ2) is 6.79. The molecule has 0 aromatic carbocycles. The van der Waals surface area contributed by atoms with Crippen LogP contribution in [0.5, 0.6) is 0 Å². The first-order valence-corrected chi connectivity index (χ1v) is 9.50. The lowest BCUT2D eigenvalue weighted by molar-refractivity contribution is -0.150. The number of fused-ring (bicyclic) bond motifs is 1. The van der Waals surface area contributed by atoms with Crippen molar-refractivity contribution >= 4 is 17.5 Å². The van der Waals surface area contributed by atoms with E-state index in [1.807, 2.05) is 6.92 Å². The molecule has 0 N–H and O–H groups in total. The molecule has 0 radical (unpaired) electrons. The van der Waals surface area contributed by atoms with Gasteiger partial charge < -0.3 is 4.74 Å². The number of esters is 1. The van der Waals surface area contributed by atoms with Crippen LogP contribution in [-0.2, 0) is 19.1 Å². The fourth-order valence-corrected chi connectivity index (χ4v) is 5.35. The highest BCUT2D eigenvalue weighted by molar-refractivity contribution is 6.12. The minimum Gasteiger partial charge on any atom is -0.468 e. The molecule has 1 saturated carbocycles. The summed E-state index contributed by atoms with van der Waals surface area (Å²) in [5, 5.41) is 0. The van der Waals surface area contributed by atoms with Gasteiger partial charge in [0.1, 0.15) is 11.7 Å². The summed E-state index contributed by atoms with van der Waals surface area (Å²) in [5.74, 6) is -2.26. The summed E-state index contributed by atoms with van der Waals surface area (Å²) in [6.45, 7) is 13.6. The summed E-state index contributed by atoms with van der Waals surface area (Å²) < 4.78 is 4.66. The number of carbonyl (C=O) groups excluding carboxylic acids is 3. The van der Waals surface area contributed by atoms with E-state index in [1.54, 1.807) is 6.92 Å². The summed E-state index contributed by atoms with van der Waals surface area (Å²) in [7, 11) is 1.26. The first-order chi connectivity index (χ1) is 12.0. The number of Topliss-reactive ketones (excluding diaryl/α,β-unsaturated/α-hetero) is 2. The van der Waals surface area contributed by atoms with Crippen LogP contribution in [0.3, 0.4) is 0 Å². The molecule has 1 fully saturated rings. The molecule has 2 unspecified atom stereocenters. The van der Waals surface area contributed by atoms with Crippen LogP contribution in [0.1, 0.15) is 54.9 Å². The van der Waals surface area contributed by atoms with E-state index < -0.39 is 23.2 Å². The smallest absolute Gasteiger partial charge is 0.315 e. The lowest BCUT2D eigenvalue weighted by Gasteiger charge is -2.25. The molecule has 2 rings (SSSR count). The van der Waals surface area contributed by atoms with Crippen LogP contribution in [0.25, 0.3) is 0 Å². The fourth-order valence-electron chi connectivity index (χ4n) is 5.35. The average molecular weight is 360 g/mol. The van der Waals surface area contributed by atoms with E-state index in [9.17, 15) is 14.4 Å². The van der Waals surface area contributed by atoms with Crippen LogP contribution >= 0.6 is 0 Å². The number of allylic oxidation sites excluding steroid dienone is 4. The summed E-state index contributed by atoms with van der Waals surface area (Å²) in [4.78, 5) is 37.6. The molecule has 0 aromatic rings. The van der Waals surface area contributed by atoms with Crippen molar-refractivity contribution in [2.24, 2.45) is 34.5 Å². The Balaban J connectivity index is 2.29. The zero-order chi connectivity index (χ0) is 20.0. The molecule has 0 saturated heterocycles. The Morgan fingerprint density at radius 3 is 2.31 bits per heavy atom. The predicted molar refractivity (Wildman–Crippen MR) is 101 cm³/mol. The van der Waals surface area contributed by atoms with Crippen molar-refractivity contribution in [3.05, 3.63) is 23.3 Å². The Morgan fingerprint density at radius 2 is 1.81 bits per heavy atom. The van der Waals surface area contributed by atoms with Crippen molar-refractivity contribution in [1.29, 1.82) is 0 Å². The lowest BCUT2D eigenvalue weighted by Crippen LogP contribution is -2.37. The number of hydrogen-bond acceptors (Lipinski definition) is 4. The van der Waals surface area contributed by atoms with E-state index in [1.165, 1.54) is 25.2 Å². The van der Waals surface area contributed by atoms with Gasteiger partial charge in [-0.1, -0.05) is 44.1 Å². The van der Waals surface area contributed by atoms with Gasteiger partial charge in [0.2, 0.25) is 0 Å². The van der Waals surface area contributed by atoms with Crippen LogP contribution in [0, 0.1) is 34.5 Å². The molecule has 4 heteroatoms. The largest absolute Gasteiger partial charge is 0.468 e. The third kappa shape index (κ3) is 2.69. The molecule has 0 amide bonds. The SMILES string of the molecule is CC/C=C(\C)[C@H]1C(C)=C[C@@]2(C)[C@@H]1[C@]2(C)C(=O)C(C)C(=O)C(C)C(=O)OC. The quantitative estimate of drug-likeness (QED) is 0.389. The van der Waals surface area contributed by atoms with Crippen LogP contribution in [0.2, 0.25) is 0 Å². The summed E-state index contributed by atoms with van der Waals surface area (Å²) in [6, 6.07) is 0. The van der Waals surface area contributed by atoms with E-state index in [2.05, 4.69) is 44.6 Å². The molecule has 6 atom stereocenters. The second-order valence-electron chi connectivity index (χ2n) is 8.42. The van der Waals surface area contributed by atoms with Crippen molar-refractivity contribution in [3.8, 4) is 0 Å². The van der Waals surface area contributed by atoms with Gasteiger partial charge in [-0.2, -0.15) is 0 Å². The molecule has 0 bridgehead atoms. The number of carbonyl (C=O) groups is 3. The van der Waals surface area contributed by atoms with Crippen LogP contribution in [0.4, 0.5) is 0 Å². The van der Waals surface area contributed by atoms with Crippen molar-refractivity contribution in [2.75, 3.05) is 7.11 Å². The Morgan fingerprint density at radius 1 is 1.23 bits per heavy atom. The summed E-state index contributed by atoms with van der Waals surface area (Å²) in [6.07, 6.45) is 5.42. The molecule has 0 aliphatic heterocycles. The van der Waals surface area contributed by atoms with Gasteiger partial charge in [-0.15, -0.1) is 0 Å². The molecule has 2 aliphatic rings. The Bertz CT molecular complexity index is 701. The van der Waals surface area contributed by atoms with Gasteiger partial charge in [0.05, 0.1) is 13.0 Å². The van der Waals surface area contributed by atoms with Crippen molar-refractivity contribution in [2.45, 2.75) is 54.9 Å². The zero-order valence-electron chi connectivity index (χ0n) is 17.3. The van der Waals surface area contributed by atoms with Gasteiger partial charge in [0, 0.05) is 16.7 Å². The van der Waals surface area contributed by atoms with Crippen molar-refractivity contribution < 1.29 is 19.1 Å². The molecular weight excluding hydrogens is 328 g/mol. The zero-order valence-corrected chi connectivity index (χ0v) is 17.3. The minimum atomic E-state index is -0.913. The number of rotatable bonds is 7. The van der Waals surface area contributed by atoms with Crippen molar-refractivity contribution in [1.82, 2.24) is 0 Å². The highest BCUT2D eigenvalue weighted by atomic mass is 16.5. The van der Waals surface area contributed by atoms with Gasteiger partial charge in [0.15, 0.2) is 5.78 Å². The Kier molecular flexibility index (Phi) is 5.38. The third-order valence-electron chi connectivity index (χ3n) is 6.99. The van der Waals surface area contributed by atoms with Gasteiger partial charge in [0.25, 0.3) is 0 Å². The Hall–Kier alpha value is -1.71. The maximum atomic E-state index is 13.3. The first kappa shape index (κ1) is 20.6. The van der Waals surface area contributed by atoms with E-state index in [0.717, 1.165) is 6.42 Å². The minimum absolute atomic E-state index is 0.0520. The summed E-state index contributed by atoms with van der Waals surface area (Å²) in [5.41, 5.74) is 1.83. The summed E-state index contributed by atoms with van der Waals surface area (Å²) >= 11 is 0. The monoisotopic (exact) mass is 360 g/mol. The van der Waals surface area contributed by atoms with Gasteiger partial charge in [-0.25, -0.2) is 0 Å². The topological polar surface area (TPSA) is 60.4 Å². The molecule has 0 heterocycles. The second-order valence-corrected chi connectivity index (χ2v) is 8.42. The van der Waals surface area contributed by atoms with Crippen LogP contribution in [0.15, 0.2) is 23.3 Å². The molecule has 0 aromatic heterocycles. The van der Waals surface area contributed by atoms with E-state index in [-0.39, 0.29) is 28.8 Å². The van der Waals surface area contributed by atoms with Gasteiger partial charge in [-0.05, 0) is 40.0 Å². The molecule has 2 aliphatic carbocycles. The van der Waals surface area contributed by atoms with Gasteiger partial charge in [-0.3, -0.25) is 14.4 Å². The Labute approximate surface area is 157 Å². The maximum absolute atomic E-state index is 13.3. The lowest BCUT2D eigenvalue weighted by atomic mass is 9.77. The van der Waals surface area contributed by atoms with E-state index in [0.29, 0.717) is 0 Å².